The van der Waals surface area contributed by atoms with Crippen molar-refractivity contribution < 1.29 is 28.7 Å². The standard InChI is InChI=1S/C12H14O6/c1-17-11(15)9-6(13)3-5-4-7(14)10(8(5)9)12(16)18-2/h5,8-10H,3-4H2,1-2H3. The molecule has 6 nitrogen and oxygen atoms in total. The SMILES string of the molecule is COC(=O)C1C(=O)CC2CC(=O)C(C(=O)OC)C21. The molecule has 2 atom stereocenters. The number of carbonyl (C=O) groups excluding carboxylic acids is 4. The van der Waals surface area contributed by atoms with Crippen molar-refractivity contribution in [3.63, 3.8) is 0 Å². The lowest BCUT2D eigenvalue weighted by Gasteiger charge is -2.19. The van der Waals surface area contributed by atoms with E-state index < -0.39 is 29.7 Å². The van der Waals surface area contributed by atoms with Crippen molar-refractivity contribution in [3.05, 3.63) is 0 Å². The average molecular weight is 254 g/mol. The minimum atomic E-state index is -1.00. The maximum atomic E-state index is 11.8. The van der Waals surface area contributed by atoms with Crippen LogP contribution in [0.3, 0.4) is 0 Å². The Balaban J connectivity index is 2.34. The fourth-order valence-corrected chi connectivity index (χ4v) is 3.11. The fraction of sp³-hybridized carbons (Fsp3) is 0.667. The Morgan fingerprint density at radius 1 is 0.944 bits per heavy atom. The van der Waals surface area contributed by atoms with Crippen molar-refractivity contribution in [2.75, 3.05) is 14.2 Å². The summed E-state index contributed by atoms with van der Waals surface area (Å²) >= 11 is 0. The number of rotatable bonds is 2. The van der Waals surface area contributed by atoms with Gasteiger partial charge >= 0.3 is 11.9 Å². The van der Waals surface area contributed by atoms with Crippen LogP contribution in [-0.4, -0.2) is 37.7 Å². The first kappa shape index (κ1) is 12.7. The van der Waals surface area contributed by atoms with E-state index in [1.54, 1.807) is 0 Å². The highest BCUT2D eigenvalue weighted by molar-refractivity contribution is 6.08. The molecule has 2 saturated carbocycles. The van der Waals surface area contributed by atoms with Gasteiger partial charge in [-0.3, -0.25) is 19.2 Å². The maximum absolute atomic E-state index is 11.8. The Morgan fingerprint density at radius 3 is 1.67 bits per heavy atom. The maximum Gasteiger partial charge on any atom is 0.316 e. The molecule has 2 fully saturated rings. The van der Waals surface area contributed by atoms with Gasteiger partial charge in [0.2, 0.25) is 0 Å². The van der Waals surface area contributed by atoms with Gasteiger partial charge in [0, 0.05) is 18.8 Å². The molecule has 0 saturated heterocycles. The van der Waals surface area contributed by atoms with Crippen LogP contribution in [0.25, 0.3) is 0 Å². The highest BCUT2D eigenvalue weighted by Crippen LogP contribution is 2.48. The third-order valence-electron chi connectivity index (χ3n) is 3.84. The summed E-state index contributed by atoms with van der Waals surface area (Å²) in [6.07, 6.45) is 0.313. The summed E-state index contributed by atoms with van der Waals surface area (Å²) in [5, 5.41) is 0. The summed E-state index contributed by atoms with van der Waals surface area (Å²) in [5.74, 6) is -4.68. The van der Waals surface area contributed by atoms with E-state index >= 15 is 0 Å². The lowest BCUT2D eigenvalue weighted by molar-refractivity contribution is -0.154. The van der Waals surface area contributed by atoms with Crippen molar-refractivity contribution in [3.8, 4) is 0 Å². The minimum Gasteiger partial charge on any atom is -0.468 e. The zero-order chi connectivity index (χ0) is 13.4. The summed E-state index contributed by atoms with van der Waals surface area (Å²) in [5.41, 5.74) is 0. The number of esters is 2. The Morgan fingerprint density at radius 2 is 1.33 bits per heavy atom. The van der Waals surface area contributed by atoms with Crippen LogP contribution in [0.2, 0.25) is 0 Å². The molecule has 98 valence electrons. The van der Waals surface area contributed by atoms with Gasteiger partial charge in [0.05, 0.1) is 14.2 Å². The van der Waals surface area contributed by atoms with E-state index in [0.717, 1.165) is 0 Å². The predicted molar refractivity (Wildman–Crippen MR) is 57.2 cm³/mol. The van der Waals surface area contributed by atoms with Crippen molar-refractivity contribution in [2.24, 2.45) is 23.7 Å². The van der Waals surface area contributed by atoms with Crippen molar-refractivity contribution in [1.82, 2.24) is 0 Å². The molecular weight excluding hydrogens is 240 g/mol. The fourth-order valence-electron chi connectivity index (χ4n) is 3.11. The smallest absolute Gasteiger partial charge is 0.316 e. The summed E-state index contributed by atoms with van der Waals surface area (Å²) in [6, 6.07) is 0. The molecule has 0 aromatic carbocycles. The van der Waals surface area contributed by atoms with Crippen molar-refractivity contribution >= 4 is 23.5 Å². The molecule has 2 aliphatic carbocycles. The zero-order valence-electron chi connectivity index (χ0n) is 10.2. The van der Waals surface area contributed by atoms with Crippen LogP contribution in [-0.2, 0) is 28.7 Å². The van der Waals surface area contributed by atoms with E-state index in [-0.39, 0.29) is 30.3 Å². The number of hydrogen-bond donors (Lipinski definition) is 0. The number of carbonyl (C=O) groups is 4. The predicted octanol–water partition coefficient (Wildman–Crippen LogP) is -0.257. The molecule has 0 spiro atoms. The van der Waals surface area contributed by atoms with Gasteiger partial charge in [-0.25, -0.2) is 0 Å². The van der Waals surface area contributed by atoms with Gasteiger partial charge in [0.25, 0.3) is 0 Å². The molecule has 2 unspecified atom stereocenters. The number of ether oxygens (including phenoxy) is 2. The first-order valence-corrected chi connectivity index (χ1v) is 5.72. The molecule has 6 heteroatoms. The summed E-state index contributed by atoms with van der Waals surface area (Å²) in [4.78, 5) is 46.8. The molecule has 0 aliphatic heterocycles. The van der Waals surface area contributed by atoms with Gasteiger partial charge in [-0.1, -0.05) is 0 Å². The monoisotopic (exact) mass is 254 g/mol. The molecule has 0 aromatic rings. The number of methoxy groups -OCH3 is 2. The van der Waals surface area contributed by atoms with E-state index in [1.807, 2.05) is 0 Å². The van der Waals surface area contributed by atoms with Gasteiger partial charge in [-0.15, -0.1) is 0 Å². The van der Waals surface area contributed by atoms with E-state index in [2.05, 4.69) is 9.47 Å². The lowest BCUT2D eigenvalue weighted by atomic mass is 9.84. The van der Waals surface area contributed by atoms with Crippen LogP contribution in [0.4, 0.5) is 0 Å². The largest absolute Gasteiger partial charge is 0.468 e. The number of fused-ring (bicyclic) bond motifs is 1. The average Bonchev–Trinajstić information content (AvgIpc) is 2.80. The van der Waals surface area contributed by atoms with Crippen LogP contribution in [0.5, 0.6) is 0 Å². The number of ketones is 2. The van der Waals surface area contributed by atoms with Crippen LogP contribution in [0.1, 0.15) is 12.8 Å². The first-order chi connectivity index (χ1) is 8.51. The molecule has 0 heterocycles. The van der Waals surface area contributed by atoms with Gasteiger partial charge in [0.15, 0.2) is 0 Å². The highest BCUT2D eigenvalue weighted by Gasteiger charge is 2.59. The molecule has 2 aliphatic rings. The topological polar surface area (TPSA) is 86.7 Å². The molecule has 0 aromatic heterocycles. The third kappa shape index (κ3) is 1.72. The molecule has 0 amide bonds. The van der Waals surface area contributed by atoms with Crippen LogP contribution < -0.4 is 0 Å². The Labute approximate surface area is 104 Å². The normalized spacial score (nSPS) is 34.3. The van der Waals surface area contributed by atoms with E-state index in [0.29, 0.717) is 0 Å². The Bertz CT molecular complexity index is 372. The van der Waals surface area contributed by atoms with Gasteiger partial charge < -0.3 is 9.47 Å². The Kier molecular flexibility index (Phi) is 3.19. The second kappa shape index (κ2) is 4.51. The van der Waals surface area contributed by atoms with E-state index in [1.165, 1.54) is 14.2 Å². The molecule has 0 radical (unpaired) electrons. The zero-order valence-corrected chi connectivity index (χ0v) is 10.2. The van der Waals surface area contributed by atoms with Gasteiger partial charge in [-0.05, 0) is 5.92 Å². The Hall–Kier alpha value is -1.72. The number of Topliss-reactive ketones (excluding diaryl/α,β-unsaturated/α-hetero) is 2. The third-order valence-corrected chi connectivity index (χ3v) is 3.84. The first-order valence-electron chi connectivity index (χ1n) is 5.72. The van der Waals surface area contributed by atoms with Crippen molar-refractivity contribution in [2.45, 2.75) is 12.8 Å². The second-order valence-electron chi connectivity index (χ2n) is 4.68. The molecular formula is C12H14O6. The van der Waals surface area contributed by atoms with Gasteiger partial charge in [0.1, 0.15) is 23.4 Å². The molecule has 0 bridgehead atoms. The molecule has 18 heavy (non-hydrogen) atoms. The van der Waals surface area contributed by atoms with Crippen molar-refractivity contribution in [1.29, 1.82) is 0 Å². The molecule has 0 N–H and O–H groups in total. The highest BCUT2D eigenvalue weighted by atomic mass is 16.5. The molecule has 2 rings (SSSR count). The summed E-state index contributed by atoms with van der Waals surface area (Å²) in [7, 11) is 2.37. The summed E-state index contributed by atoms with van der Waals surface area (Å²) in [6.45, 7) is 0. The summed E-state index contributed by atoms with van der Waals surface area (Å²) < 4.78 is 9.17. The van der Waals surface area contributed by atoms with E-state index in [9.17, 15) is 19.2 Å². The lowest BCUT2D eigenvalue weighted by Crippen LogP contribution is -2.35. The quantitative estimate of drug-likeness (QED) is 0.498. The minimum absolute atomic E-state index is 0.156. The van der Waals surface area contributed by atoms with E-state index in [4.69, 9.17) is 0 Å². The van der Waals surface area contributed by atoms with Gasteiger partial charge in [-0.2, -0.15) is 0 Å². The second-order valence-corrected chi connectivity index (χ2v) is 4.68. The van der Waals surface area contributed by atoms with Crippen LogP contribution in [0.15, 0.2) is 0 Å². The number of hydrogen-bond acceptors (Lipinski definition) is 6. The van der Waals surface area contributed by atoms with Crippen LogP contribution in [0, 0.1) is 23.7 Å². The van der Waals surface area contributed by atoms with Crippen LogP contribution >= 0.6 is 0 Å².